The summed E-state index contributed by atoms with van der Waals surface area (Å²) in [6.45, 7) is 8.44. The van der Waals surface area contributed by atoms with Crippen LogP contribution in [0.4, 0.5) is 0 Å². The molecule has 1 fully saturated rings. The Morgan fingerprint density at radius 2 is 2.12 bits per heavy atom. The van der Waals surface area contributed by atoms with Gasteiger partial charge in [-0.25, -0.2) is 4.79 Å². The number of hydrogen-bond donors (Lipinski definition) is 0. The van der Waals surface area contributed by atoms with E-state index in [1.807, 2.05) is 0 Å². The monoisotopic (exact) mass is 224 g/mol. The lowest BCUT2D eigenvalue weighted by molar-refractivity contribution is -0.141. The lowest BCUT2D eigenvalue weighted by Gasteiger charge is -2.36. The fourth-order valence-electron chi connectivity index (χ4n) is 2.52. The molecule has 0 aromatic rings. The number of carbonyl (C=O) groups excluding carboxylic acids is 1. The Morgan fingerprint density at radius 3 is 2.62 bits per heavy atom. The first-order valence-corrected chi connectivity index (χ1v) is 6.39. The molecule has 0 bridgehead atoms. The predicted octanol–water partition coefficient (Wildman–Crippen LogP) is 3.71. The lowest BCUT2D eigenvalue weighted by Crippen LogP contribution is -2.30. The summed E-state index contributed by atoms with van der Waals surface area (Å²) in [6.07, 6.45) is 8.82. The van der Waals surface area contributed by atoms with Crippen LogP contribution in [0, 0.1) is 11.3 Å². The molecule has 0 aromatic carbocycles. The van der Waals surface area contributed by atoms with Gasteiger partial charge in [-0.3, -0.25) is 0 Å². The predicted molar refractivity (Wildman–Crippen MR) is 66.1 cm³/mol. The minimum absolute atomic E-state index is 0.197. The van der Waals surface area contributed by atoms with Crippen molar-refractivity contribution in [3.63, 3.8) is 0 Å². The summed E-state index contributed by atoms with van der Waals surface area (Å²) in [5.74, 6) is 0.602. The maximum absolute atomic E-state index is 11.0. The van der Waals surface area contributed by atoms with E-state index in [0.717, 1.165) is 5.92 Å². The largest absolute Gasteiger partial charge is 0.462 e. The van der Waals surface area contributed by atoms with Crippen LogP contribution in [-0.4, -0.2) is 12.6 Å². The number of hydrogen-bond acceptors (Lipinski definition) is 2. The van der Waals surface area contributed by atoms with Crippen molar-refractivity contribution in [2.45, 2.75) is 52.4 Å². The first kappa shape index (κ1) is 13.3. The van der Waals surface area contributed by atoms with E-state index in [1.54, 1.807) is 0 Å². The Kier molecular flexibility index (Phi) is 5.04. The second kappa shape index (κ2) is 6.07. The second-order valence-electron chi connectivity index (χ2n) is 5.35. The molecular weight excluding hydrogens is 200 g/mol. The number of ether oxygens (including phenoxy) is 1. The summed E-state index contributed by atoms with van der Waals surface area (Å²) in [5.41, 5.74) is 0.197. The van der Waals surface area contributed by atoms with Crippen molar-refractivity contribution in [3.8, 4) is 0 Å². The summed E-state index contributed by atoms with van der Waals surface area (Å²) in [5, 5.41) is 0. The smallest absolute Gasteiger partial charge is 0.330 e. The van der Waals surface area contributed by atoms with Crippen LogP contribution < -0.4 is 0 Å². The van der Waals surface area contributed by atoms with Crippen molar-refractivity contribution in [2.75, 3.05) is 6.61 Å². The van der Waals surface area contributed by atoms with E-state index in [1.165, 1.54) is 44.6 Å². The van der Waals surface area contributed by atoms with Gasteiger partial charge in [0, 0.05) is 11.5 Å². The van der Waals surface area contributed by atoms with Crippen LogP contribution in [0.15, 0.2) is 12.7 Å². The van der Waals surface area contributed by atoms with Gasteiger partial charge in [-0.15, -0.1) is 0 Å². The Hall–Kier alpha value is -0.790. The topological polar surface area (TPSA) is 26.3 Å². The van der Waals surface area contributed by atoms with E-state index in [4.69, 9.17) is 4.74 Å². The van der Waals surface area contributed by atoms with Gasteiger partial charge in [-0.1, -0.05) is 33.3 Å². The van der Waals surface area contributed by atoms with Gasteiger partial charge in [0.2, 0.25) is 0 Å². The van der Waals surface area contributed by atoms with Crippen molar-refractivity contribution in [3.05, 3.63) is 12.7 Å². The molecule has 0 amide bonds. The van der Waals surface area contributed by atoms with E-state index < -0.39 is 0 Å². The summed E-state index contributed by atoms with van der Waals surface area (Å²) in [6, 6.07) is 0. The van der Waals surface area contributed by atoms with Gasteiger partial charge in [0.05, 0.1) is 6.61 Å². The normalized spacial score (nSPS) is 29.8. The molecule has 1 rings (SSSR count). The molecule has 0 heterocycles. The maximum atomic E-state index is 11.0. The molecule has 1 aliphatic carbocycles. The Labute approximate surface area is 99.1 Å². The van der Waals surface area contributed by atoms with Crippen molar-refractivity contribution in [1.82, 2.24) is 0 Å². The van der Waals surface area contributed by atoms with Gasteiger partial charge < -0.3 is 4.74 Å². The van der Waals surface area contributed by atoms with Crippen molar-refractivity contribution in [2.24, 2.45) is 11.3 Å². The van der Waals surface area contributed by atoms with Crippen LogP contribution in [0.3, 0.4) is 0 Å². The van der Waals surface area contributed by atoms with E-state index >= 15 is 0 Å². The van der Waals surface area contributed by atoms with Gasteiger partial charge in [0.15, 0.2) is 0 Å². The molecule has 1 aliphatic rings. The minimum atomic E-state index is -0.295. The van der Waals surface area contributed by atoms with Gasteiger partial charge in [-0.2, -0.15) is 0 Å². The molecule has 0 atom stereocenters. The summed E-state index contributed by atoms with van der Waals surface area (Å²) >= 11 is 0. The quantitative estimate of drug-likeness (QED) is 0.525. The molecule has 0 spiro atoms. The highest BCUT2D eigenvalue weighted by Crippen LogP contribution is 2.40. The SMILES string of the molecule is C=CC(=O)OCC1(C)CCC(CCC)CC1. The average molecular weight is 224 g/mol. The third-order valence-corrected chi connectivity index (χ3v) is 3.74. The highest BCUT2D eigenvalue weighted by Gasteiger charge is 2.31. The fourth-order valence-corrected chi connectivity index (χ4v) is 2.52. The molecule has 1 saturated carbocycles. The van der Waals surface area contributed by atoms with E-state index in [0.29, 0.717) is 6.61 Å². The average Bonchev–Trinajstić information content (AvgIpc) is 2.30. The molecular formula is C14H24O2. The number of esters is 1. The molecule has 0 aliphatic heterocycles. The zero-order valence-electron chi connectivity index (χ0n) is 10.6. The molecule has 92 valence electrons. The van der Waals surface area contributed by atoms with Crippen LogP contribution in [-0.2, 0) is 9.53 Å². The van der Waals surface area contributed by atoms with Crippen molar-refractivity contribution < 1.29 is 9.53 Å². The van der Waals surface area contributed by atoms with Crippen LogP contribution in [0.5, 0.6) is 0 Å². The minimum Gasteiger partial charge on any atom is -0.462 e. The summed E-state index contributed by atoms with van der Waals surface area (Å²) < 4.78 is 5.17. The molecule has 0 radical (unpaired) electrons. The maximum Gasteiger partial charge on any atom is 0.330 e. The molecule has 0 unspecified atom stereocenters. The van der Waals surface area contributed by atoms with E-state index in [-0.39, 0.29) is 11.4 Å². The van der Waals surface area contributed by atoms with Gasteiger partial charge in [0.25, 0.3) is 0 Å². The molecule has 2 nitrogen and oxygen atoms in total. The standard InChI is InChI=1S/C14H24O2/c1-4-6-12-7-9-14(3,10-8-12)11-16-13(15)5-2/h5,12H,2,4,6-11H2,1,3H3. The molecule has 2 heteroatoms. The summed E-state index contributed by atoms with van der Waals surface area (Å²) in [7, 11) is 0. The summed E-state index contributed by atoms with van der Waals surface area (Å²) in [4.78, 5) is 11.0. The highest BCUT2D eigenvalue weighted by molar-refractivity contribution is 5.81. The van der Waals surface area contributed by atoms with E-state index in [2.05, 4.69) is 20.4 Å². The van der Waals surface area contributed by atoms with E-state index in [9.17, 15) is 4.79 Å². The third kappa shape index (κ3) is 3.99. The number of rotatable bonds is 5. The Balaban J connectivity index is 2.32. The van der Waals surface area contributed by atoms with Gasteiger partial charge >= 0.3 is 5.97 Å². The molecule has 0 N–H and O–H groups in total. The molecule has 16 heavy (non-hydrogen) atoms. The zero-order chi connectivity index (χ0) is 12.0. The Bertz CT molecular complexity index is 237. The molecule has 0 aromatic heterocycles. The van der Waals surface area contributed by atoms with Crippen molar-refractivity contribution >= 4 is 5.97 Å². The first-order chi connectivity index (χ1) is 7.59. The second-order valence-corrected chi connectivity index (χ2v) is 5.35. The van der Waals surface area contributed by atoms with Gasteiger partial charge in [0.1, 0.15) is 0 Å². The zero-order valence-corrected chi connectivity index (χ0v) is 10.6. The lowest BCUT2D eigenvalue weighted by atomic mass is 9.71. The van der Waals surface area contributed by atoms with Crippen LogP contribution in [0.2, 0.25) is 0 Å². The van der Waals surface area contributed by atoms with Crippen LogP contribution >= 0.6 is 0 Å². The fraction of sp³-hybridized carbons (Fsp3) is 0.786. The highest BCUT2D eigenvalue weighted by atomic mass is 16.5. The molecule has 0 saturated heterocycles. The first-order valence-electron chi connectivity index (χ1n) is 6.39. The van der Waals surface area contributed by atoms with Crippen LogP contribution in [0.1, 0.15) is 52.4 Å². The van der Waals surface area contributed by atoms with Crippen LogP contribution in [0.25, 0.3) is 0 Å². The Morgan fingerprint density at radius 1 is 1.50 bits per heavy atom. The number of carbonyl (C=O) groups is 1. The van der Waals surface area contributed by atoms with Gasteiger partial charge in [-0.05, 0) is 31.6 Å². The van der Waals surface area contributed by atoms with Crippen molar-refractivity contribution in [1.29, 1.82) is 0 Å². The third-order valence-electron chi connectivity index (χ3n) is 3.74.